The van der Waals surface area contributed by atoms with Gasteiger partial charge in [0.15, 0.2) is 5.78 Å². The van der Waals surface area contributed by atoms with Gasteiger partial charge >= 0.3 is 0 Å². The van der Waals surface area contributed by atoms with Crippen LogP contribution in [-0.4, -0.2) is 16.8 Å². The van der Waals surface area contributed by atoms with Crippen molar-refractivity contribution >= 4 is 11.5 Å². The van der Waals surface area contributed by atoms with Crippen molar-refractivity contribution in [2.45, 2.75) is 13.0 Å². The third-order valence-electron chi connectivity index (χ3n) is 2.52. The molecule has 1 heterocycles. The topological polar surface area (TPSA) is 42.0 Å². The van der Waals surface area contributed by atoms with E-state index >= 15 is 0 Å². The zero-order valence-corrected chi connectivity index (χ0v) is 9.63. The first-order valence-electron chi connectivity index (χ1n) is 5.53. The zero-order chi connectivity index (χ0) is 12.1. The van der Waals surface area contributed by atoms with E-state index in [1.807, 2.05) is 49.4 Å². The molecule has 0 saturated heterocycles. The number of ketones is 1. The Kier molecular flexibility index (Phi) is 3.50. The van der Waals surface area contributed by atoms with Crippen LogP contribution in [0.5, 0.6) is 0 Å². The molecular weight excluding hydrogens is 212 g/mol. The van der Waals surface area contributed by atoms with E-state index in [1.54, 1.807) is 12.4 Å². The van der Waals surface area contributed by atoms with Crippen LogP contribution < -0.4 is 5.32 Å². The number of nitrogens with one attached hydrogen (secondary N) is 1. The first-order chi connectivity index (χ1) is 8.27. The molecule has 86 valence electrons. The predicted molar refractivity (Wildman–Crippen MR) is 68.1 cm³/mol. The van der Waals surface area contributed by atoms with Gasteiger partial charge in [0.2, 0.25) is 0 Å². The Hall–Kier alpha value is -2.16. The summed E-state index contributed by atoms with van der Waals surface area (Å²) in [6, 6.07) is 12.7. The molecule has 2 aromatic rings. The minimum Gasteiger partial charge on any atom is -0.375 e. The smallest absolute Gasteiger partial charge is 0.184 e. The van der Waals surface area contributed by atoms with E-state index < -0.39 is 0 Å². The molecule has 0 amide bonds. The van der Waals surface area contributed by atoms with Crippen molar-refractivity contribution < 1.29 is 4.79 Å². The molecule has 1 atom stereocenters. The summed E-state index contributed by atoms with van der Waals surface area (Å²) in [6.07, 6.45) is 3.39. The summed E-state index contributed by atoms with van der Waals surface area (Å²) in [5.41, 5.74) is 1.62. The van der Waals surface area contributed by atoms with Gasteiger partial charge in [-0.3, -0.25) is 9.78 Å². The molecule has 0 aliphatic carbocycles. The molecule has 17 heavy (non-hydrogen) atoms. The van der Waals surface area contributed by atoms with Crippen molar-refractivity contribution in [2.75, 3.05) is 5.32 Å². The number of rotatable bonds is 4. The Morgan fingerprint density at radius 1 is 1.12 bits per heavy atom. The molecule has 1 aromatic heterocycles. The van der Waals surface area contributed by atoms with Crippen LogP contribution in [0, 0.1) is 0 Å². The molecule has 1 unspecified atom stereocenters. The normalized spacial score (nSPS) is 11.8. The number of carbonyl (C=O) groups excluding carboxylic acids is 1. The molecule has 0 fully saturated rings. The molecule has 0 aliphatic heterocycles. The predicted octanol–water partition coefficient (Wildman–Crippen LogP) is 2.76. The average Bonchev–Trinajstić information content (AvgIpc) is 2.40. The fourth-order valence-corrected chi connectivity index (χ4v) is 1.62. The molecule has 3 heteroatoms. The van der Waals surface area contributed by atoms with Crippen LogP contribution in [0.2, 0.25) is 0 Å². The fourth-order valence-electron chi connectivity index (χ4n) is 1.62. The van der Waals surface area contributed by atoms with Gasteiger partial charge in [-0.25, -0.2) is 0 Å². The first-order valence-corrected chi connectivity index (χ1v) is 5.53. The number of aromatic nitrogens is 1. The summed E-state index contributed by atoms with van der Waals surface area (Å²) >= 11 is 0. The molecular formula is C14H14N2O. The molecule has 0 radical (unpaired) electrons. The number of nitrogens with zero attached hydrogens (tertiary/aromatic N) is 1. The van der Waals surface area contributed by atoms with Crippen LogP contribution in [0.3, 0.4) is 0 Å². The van der Waals surface area contributed by atoms with Crippen molar-refractivity contribution in [2.24, 2.45) is 0 Å². The zero-order valence-electron chi connectivity index (χ0n) is 9.63. The van der Waals surface area contributed by atoms with E-state index in [2.05, 4.69) is 10.3 Å². The minimum atomic E-state index is -0.250. The molecule has 1 aromatic carbocycles. The third kappa shape index (κ3) is 2.91. The van der Waals surface area contributed by atoms with Gasteiger partial charge in [0, 0.05) is 23.6 Å². The Bertz CT molecular complexity index is 482. The second-order valence-electron chi connectivity index (χ2n) is 3.83. The van der Waals surface area contributed by atoms with Crippen molar-refractivity contribution in [3.05, 3.63) is 60.4 Å². The standard InChI is InChI=1S/C14H14N2O/c1-11(16-13-7-9-15-10-8-13)14(17)12-5-3-2-4-6-12/h2-11H,1H3,(H,15,16). The van der Waals surface area contributed by atoms with Crippen LogP contribution in [0.1, 0.15) is 17.3 Å². The number of Topliss-reactive ketones (excluding diaryl/α,β-unsaturated/α-hetero) is 1. The lowest BCUT2D eigenvalue weighted by molar-refractivity contribution is 0.0975. The van der Waals surface area contributed by atoms with Gasteiger partial charge in [-0.05, 0) is 19.1 Å². The molecule has 2 rings (SSSR count). The summed E-state index contributed by atoms with van der Waals surface area (Å²) < 4.78 is 0. The van der Waals surface area contributed by atoms with Crippen LogP contribution in [0.25, 0.3) is 0 Å². The van der Waals surface area contributed by atoms with Gasteiger partial charge in [0.25, 0.3) is 0 Å². The third-order valence-corrected chi connectivity index (χ3v) is 2.52. The highest BCUT2D eigenvalue weighted by molar-refractivity contribution is 6.01. The summed E-state index contributed by atoms with van der Waals surface area (Å²) in [5.74, 6) is 0.0856. The maximum absolute atomic E-state index is 12.1. The van der Waals surface area contributed by atoms with Gasteiger partial charge in [0.05, 0.1) is 6.04 Å². The van der Waals surface area contributed by atoms with E-state index in [-0.39, 0.29) is 11.8 Å². The van der Waals surface area contributed by atoms with Crippen molar-refractivity contribution in [1.29, 1.82) is 0 Å². The number of benzene rings is 1. The number of pyridine rings is 1. The van der Waals surface area contributed by atoms with Crippen LogP contribution in [0.4, 0.5) is 5.69 Å². The first kappa shape index (κ1) is 11.3. The quantitative estimate of drug-likeness (QED) is 0.815. The molecule has 0 aliphatic rings. The summed E-state index contributed by atoms with van der Waals surface area (Å²) in [7, 11) is 0. The van der Waals surface area contributed by atoms with E-state index in [0.717, 1.165) is 11.3 Å². The fraction of sp³-hybridized carbons (Fsp3) is 0.143. The highest BCUT2D eigenvalue weighted by Gasteiger charge is 2.14. The molecule has 0 bridgehead atoms. The number of hydrogen-bond acceptors (Lipinski definition) is 3. The Labute approximate surface area is 101 Å². The maximum atomic E-state index is 12.1. The van der Waals surface area contributed by atoms with E-state index in [0.29, 0.717) is 0 Å². The molecule has 1 N–H and O–H groups in total. The largest absolute Gasteiger partial charge is 0.375 e. The van der Waals surface area contributed by atoms with E-state index in [9.17, 15) is 4.79 Å². The van der Waals surface area contributed by atoms with Crippen LogP contribution in [0.15, 0.2) is 54.9 Å². The van der Waals surface area contributed by atoms with Gasteiger partial charge in [0.1, 0.15) is 0 Å². The van der Waals surface area contributed by atoms with Crippen molar-refractivity contribution in [3.8, 4) is 0 Å². The Balaban J connectivity index is 2.06. The number of carbonyl (C=O) groups is 1. The SMILES string of the molecule is CC(Nc1ccncc1)C(=O)c1ccccc1. The minimum absolute atomic E-state index is 0.0856. The Morgan fingerprint density at radius 2 is 1.76 bits per heavy atom. The second-order valence-corrected chi connectivity index (χ2v) is 3.83. The lowest BCUT2D eigenvalue weighted by atomic mass is 10.1. The lowest BCUT2D eigenvalue weighted by Gasteiger charge is -2.13. The van der Waals surface area contributed by atoms with Crippen LogP contribution >= 0.6 is 0 Å². The van der Waals surface area contributed by atoms with Crippen molar-refractivity contribution in [3.63, 3.8) is 0 Å². The highest BCUT2D eigenvalue weighted by Crippen LogP contribution is 2.09. The average molecular weight is 226 g/mol. The van der Waals surface area contributed by atoms with Gasteiger partial charge < -0.3 is 5.32 Å². The number of hydrogen-bond donors (Lipinski definition) is 1. The van der Waals surface area contributed by atoms with E-state index in [4.69, 9.17) is 0 Å². The summed E-state index contributed by atoms with van der Waals surface area (Å²) in [4.78, 5) is 16.0. The van der Waals surface area contributed by atoms with Gasteiger partial charge in [-0.1, -0.05) is 30.3 Å². The molecule has 3 nitrogen and oxygen atoms in total. The summed E-state index contributed by atoms with van der Waals surface area (Å²) in [6.45, 7) is 1.86. The highest BCUT2D eigenvalue weighted by atomic mass is 16.1. The molecule has 0 spiro atoms. The van der Waals surface area contributed by atoms with Crippen LogP contribution in [-0.2, 0) is 0 Å². The molecule has 0 saturated carbocycles. The monoisotopic (exact) mass is 226 g/mol. The summed E-state index contributed by atoms with van der Waals surface area (Å²) in [5, 5.41) is 3.15. The second kappa shape index (κ2) is 5.25. The van der Waals surface area contributed by atoms with Gasteiger partial charge in [-0.15, -0.1) is 0 Å². The number of anilines is 1. The lowest BCUT2D eigenvalue weighted by Crippen LogP contribution is -2.26. The van der Waals surface area contributed by atoms with Crippen molar-refractivity contribution in [1.82, 2.24) is 4.98 Å². The van der Waals surface area contributed by atoms with E-state index in [1.165, 1.54) is 0 Å². The van der Waals surface area contributed by atoms with Gasteiger partial charge in [-0.2, -0.15) is 0 Å². The Morgan fingerprint density at radius 3 is 2.41 bits per heavy atom. The maximum Gasteiger partial charge on any atom is 0.184 e.